The molecule has 0 fully saturated rings. The van der Waals surface area contributed by atoms with Gasteiger partial charge in [-0.05, 0) is 43.0 Å². The van der Waals surface area contributed by atoms with Gasteiger partial charge in [-0.1, -0.05) is 84.9 Å². The highest BCUT2D eigenvalue weighted by Gasteiger charge is 2.42. The third-order valence-electron chi connectivity index (χ3n) is 6.24. The Hall–Kier alpha value is -4.01. The number of hydrogen-bond donors (Lipinski definition) is 2. The van der Waals surface area contributed by atoms with Gasteiger partial charge in [0.05, 0.1) is 19.6 Å². The molecule has 0 bridgehead atoms. The highest BCUT2D eigenvalue weighted by atomic mass is 32.1. The second-order valence-electron chi connectivity index (χ2n) is 9.99. The van der Waals surface area contributed by atoms with Crippen molar-refractivity contribution in [1.29, 1.82) is 0 Å². The van der Waals surface area contributed by atoms with Crippen molar-refractivity contribution in [2.24, 2.45) is 0 Å². The SMILES string of the molecule is COC(=O)c1csc(C(CO)c2ccccc2C(NC(=O)OC(C)(C)C)(c2ccccc2)c2ccccc2)n1. The zero-order chi connectivity index (χ0) is 28.0. The Morgan fingerprint density at radius 2 is 1.49 bits per heavy atom. The Kier molecular flexibility index (Phi) is 8.47. The lowest BCUT2D eigenvalue weighted by Gasteiger charge is -2.39. The van der Waals surface area contributed by atoms with E-state index in [0.29, 0.717) is 5.01 Å². The van der Waals surface area contributed by atoms with E-state index in [1.165, 1.54) is 18.4 Å². The first-order valence-corrected chi connectivity index (χ1v) is 13.4. The summed E-state index contributed by atoms with van der Waals surface area (Å²) >= 11 is 1.27. The predicted molar refractivity (Wildman–Crippen MR) is 151 cm³/mol. The van der Waals surface area contributed by atoms with Crippen LogP contribution in [0.3, 0.4) is 0 Å². The quantitative estimate of drug-likeness (QED) is 0.213. The number of methoxy groups -OCH3 is 1. The summed E-state index contributed by atoms with van der Waals surface area (Å²) in [6.07, 6.45) is -0.590. The number of ether oxygens (including phenoxy) is 2. The molecule has 2 N–H and O–H groups in total. The number of aliphatic hydroxyl groups is 1. The molecule has 39 heavy (non-hydrogen) atoms. The third-order valence-corrected chi connectivity index (χ3v) is 7.20. The van der Waals surface area contributed by atoms with Crippen LogP contribution in [0.5, 0.6) is 0 Å². The number of aliphatic hydroxyl groups excluding tert-OH is 1. The van der Waals surface area contributed by atoms with Gasteiger partial charge < -0.3 is 19.9 Å². The molecule has 0 aliphatic carbocycles. The fourth-order valence-electron chi connectivity index (χ4n) is 4.62. The smallest absolute Gasteiger partial charge is 0.408 e. The molecule has 202 valence electrons. The second-order valence-corrected chi connectivity index (χ2v) is 10.9. The van der Waals surface area contributed by atoms with E-state index >= 15 is 0 Å². The number of thiazole rings is 1. The van der Waals surface area contributed by atoms with Gasteiger partial charge in [-0.15, -0.1) is 11.3 Å². The lowest BCUT2D eigenvalue weighted by Crippen LogP contribution is -2.50. The third kappa shape index (κ3) is 6.02. The van der Waals surface area contributed by atoms with Gasteiger partial charge in [-0.25, -0.2) is 14.6 Å². The van der Waals surface area contributed by atoms with Gasteiger partial charge in [0, 0.05) is 5.38 Å². The summed E-state index contributed by atoms with van der Waals surface area (Å²) in [4.78, 5) is 30.1. The molecule has 1 atom stereocenters. The standard InChI is InChI=1S/C31H32N2O5S/c1-30(2,3)38-29(36)33-31(21-13-7-5-8-14-21,22-15-9-6-10-16-22)25-18-12-11-17-23(25)24(19-34)27-32-26(20-39-27)28(35)37-4/h5-18,20,24,34H,19H2,1-4H3,(H,33,36). The van der Waals surface area contributed by atoms with Crippen LogP contribution in [0.4, 0.5) is 4.79 Å². The van der Waals surface area contributed by atoms with E-state index in [4.69, 9.17) is 9.47 Å². The topological polar surface area (TPSA) is 97.8 Å². The van der Waals surface area contributed by atoms with Crippen molar-refractivity contribution in [3.05, 3.63) is 123 Å². The van der Waals surface area contributed by atoms with Crippen molar-refractivity contribution in [1.82, 2.24) is 10.3 Å². The molecule has 0 saturated heterocycles. The Morgan fingerprint density at radius 1 is 0.923 bits per heavy atom. The number of benzene rings is 3. The van der Waals surface area contributed by atoms with Crippen LogP contribution in [0.1, 0.15) is 64.4 Å². The second kappa shape index (κ2) is 11.8. The molecule has 0 aliphatic heterocycles. The number of rotatable bonds is 8. The minimum absolute atomic E-state index is 0.178. The summed E-state index contributed by atoms with van der Waals surface area (Å²) in [5.41, 5.74) is 1.37. The van der Waals surface area contributed by atoms with E-state index in [1.807, 2.05) is 106 Å². The monoisotopic (exact) mass is 544 g/mol. The molecule has 0 aliphatic rings. The first kappa shape index (κ1) is 28.0. The van der Waals surface area contributed by atoms with E-state index in [-0.39, 0.29) is 12.3 Å². The molecule has 1 unspecified atom stereocenters. The van der Waals surface area contributed by atoms with Crippen molar-refractivity contribution in [2.45, 2.75) is 37.8 Å². The summed E-state index contributed by atoms with van der Waals surface area (Å²) in [5, 5.41) is 16.0. The van der Waals surface area contributed by atoms with Crippen molar-refractivity contribution in [3.63, 3.8) is 0 Å². The Labute approximate surface area is 232 Å². The molecule has 4 aromatic rings. The number of nitrogens with zero attached hydrogens (tertiary/aromatic N) is 1. The molecule has 1 aromatic heterocycles. The number of esters is 1. The minimum atomic E-state index is -1.18. The van der Waals surface area contributed by atoms with Gasteiger partial charge in [0.2, 0.25) is 0 Å². The molecule has 8 heteroatoms. The van der Waals surface area contributed by atoms with E-state index in [9.17, 15) is 14.7 Å². The van der Waals surface area contributed by atoms with E-state index in [2.05, 4.69) is 10.3 Å². The van der Waals surface area contributed by atoms with Crippen LogP contribution >= 0.6 is 11.3 Å². The molecule has 0 radical (unpaired) electrons. The van der Waals surface area contributed by atoms with Gasteiger partial charge in [-0.2, -0.15) is 0 Å². The maximum Gasteiger partial charge on any atom is 0.408 e. The van der Waals surface area contributed by atoms with Crippen LogP contribution in [-0.2, 0) is 15.0 Å². The van der Waals surface area contributed by atoms with Crippen LogP contribution in [0, 0.1) is 0 Å². The van der Waals surface area contributed by atoms with E-state index in [1.54, 1.807) is 5.38 Å². The molecular formula is C31H32N2O5S. The lowest BCUT2D eigenvalue weighted by molar-refractivity contribution is 0.0486. The van der Waals surface area contributed by atoms with Gasteiger partial charge in [-0.3, -0.25) is 0 Å². The molecule has 0 spiro atoms. The van der Waals surface area contributed by atoms with Crippen LogP contribution in [0.2, 0.25) is 0 Å². The maximum absolute atomic E-state index is 13.5. The summed E-state index contributed by atoms with van der Waals surface area (Å²) in [6.45, 7) is 5.18. The van der Waals surface area contributed by atoms with Crippen molar-refractivity contribution in [3.8, 4) is 0 Å². The predicted octanol–water partition coefficient (Wildman–Crippen LogP) is 5.87. The average molecular weight is 545 g/mol. The Balaban J connectivity index is 1.98. The van der Waals surface area contributed by atoms with Crippen molar-refractivity contribution in [2.75, 3.05) is 13.7 Å². The fourth-order valence-corrected chi connectivity index (χ4v) is 5.52. The van der Waals surface area contributed by atoms with Gasteiger partial charge in [0.1, 0.15) is 16.1 Å². The average Bonchev–Trinajstić information content (AvgIpc) is 3.42. The number of alkyl carbamates (subject to hydrolysis) is 1. The lowest BCUT2D eigenvalue weighted by atomic mass is 9.73. The Bertz CT molecular complexity index is 1370. The minimum Gasteiger partial charge on any atom is -0.464 e. The van der Waals surface area contributed by atoms with Gasteiger partial charge in [0.25, 0.3) is 0 Å². The molecule has 1 amide bonds. The van der Waals surface area contributed by atoms with E-state index in [0.717, 1.165) is 22.3 Å². The summed E-state index contributed by atoms with van der Waals surface area (Å²) in [7, 11) is 1.30. The molecule has 1 heterocycles. The van der Waals surface area contributed by atoms with Crippen LogP contribution in [-0.4, -0.2) is 41.5 Å². The number of nitrogens with one attached hydrogen (secondary N) is 1. The highest BCUT2D eigenvalue weighted by molar-refractivity contribution is 7.10. The Morgan fingerprint density at radius 3 is 2.03 bits per heavy atom. The maximum atomic E-state index is 13.5. The number of aromatic nitrogens is 1. The van der Waals surface area contributed by atoms with Gasteiger partial charge in [0.15, 0.2) is 5.69 Å². The summed E-state index contributed by atoms with van der Waals surface area (Å²) in [6, 6.07) is 26.9. The number of hydrogen-bond acceptors (Lipinski definition) is 7. The largest absolute Gasteiger partial charge is 0.464 e. The fraction of sp³-hybridized carbons (Fsp3) is 0.258. The zero-order valence-electron chi connectivity index (χ0n) is 22.4. The van der Waals surface area contributed by atoms with Crippen LogP contribution < -0.4 is 5.32 Å². The van der Waals surface area contributed by atoms with Crippen molar-refractivity contribution >= 4 is 23.4 Å². The normalized spacial score (nSPS) is 12.4. The van der Waals surface area contributed by atoms with Crippen LogP contribution in [0.15, 0.2) is 90.3 Å². The highest BCUT2D eigenvalue weighted by Crippen LogP contribution is 2.42. The molecular weight excluding hydrogens is 512 g/mol. The summed E-state index contributed by atoms with van der Waals surface area (Å²) in [5.74, 6) is -1.12. The first-order valence-electron chi connectivity index (χ1n) is 12.6. The molecule has 4 rings (SSSR count). The number of amides is 1. The summed E-state index contributed by atoms with van der Waals surface area (Å²) < 4.78 is 10.6. The molecule has 0 saturated carbocycles. The van der Waals surface area contributed by atoms with Crippen molar-refractivity contribution < 1.29 is 24.2 Å². The number of carbonyl (C=O) groups excluding carboxylic acids is 2. The molecule has 7 nitrogen and oxygen atoms in total. The molecule has 3 aromatic carbocycles. The number of carbonyl (C=O) groups is 2. The van der Waals surface area contributed by atoms with E-state index < -0.39 is 29.1 Å². The first-order chi connectivity index (χ1) is 18.7. The van der Waals surface area contributed by atoms with Gasteiger partial charge >= 0.3 is 12.1 Å². The zero-order valence-corrected chi connectivity index (χ0v) is 23.2. The van der Waals surface area contributed by atoms with Crippen LogP contribution in [0.25, 0.3) is 0 Å².